The number of nitrogens with one attached hydrogen (secondary N) is 1. The molecule has 0 aliphatic heterocycles. The number of hydrogen-bond acceptors (Lipinski definition) is 4. The molecule has 5 heteroatoms. The molecule has 1 aromatic heterocycles. The minimum atomic E-state index is -0.977. The van der Waals surface area contributed by atoms with Gasteiger partial charge in [0.1, 0.15) is 0 Å². The van der Waals surface area contributed by atoms with E-state index in [1.807, 2.05) is 0 Å². The van der Waals surface area contributed by atoms with E-state index >= 15 is 0 Å². The molecule has 0 radical (unpaired) electrons. The molecule has 0 fully saturated rings. The standard InChI is InChI=1S/C5H3N3O2/c6-3-4(9)10-5-7-1-2-8-5/h1-2H,(H,7,8). The zero-order valence-electron chi connectivity index (χ0n) is 4.87. The second-order valence-electron chi connectivity index (χ2n) is 1.40. The summed E-state index contributed by atoms with van der Waals surface area (Å²) in [5.41, 5.74) is 0. The summed E-state index contributed by atoms with van der Waals surface area (Å²) in [5, 5.41) is 7.97. The summed E-state index contributed by atoms with van der Waals surface area (Å²) in [6, 6.07) is 1.32. The van der Waals surface area contributed by atoms with Gasteiger partial charge in [0.05, 0.1) is 0 Å². The molecule has 0 saturated heterocycles. The van der Waals surface area contributed by atoms with Crippen LogP contribution in [0.1, 0.15) is 0 Å². The topological polar surface area (TPSA) is 78.8 Å². The third-order valence-electron chi connectivity index (χ3n) is 0.754. The van der Waals surface area contributed by atoms with Crippen LogP contribution in [0.5, 0.6) is 6.01 Å². The lowest BCUT2D eigenvalue weighted by Gasteiger charge is -1.88. The molecule has 0 spiro atoms. The SMILES string of the molecule is N#CC(=O)Oc1ncc[nH]1. The number of nitriles is 1. The first-order valence-corrected chi connectivity index (χ1v) is 2.44. The molecule has 10 heavy (non-hydrogen) atoms. The highest BCUT2D eigenvalue weighted by Gasteiger charge is 2.01. The normalized spacial score (nSPS) is 8.30. The van der Waals surface area contributed by atoms with Crippen LogP contribution in [0.2, 0.25) is 0 Å². The van der Waals surface area contributed by atoms with Crippen LogP contribution in [0.3, 0.4) is 0 Å². The van der Waals surface area contributed by atoms with Crippen molar-refractivity contribution in [2.45, 2.75) is 0 Å². The number of H-pyrrole nitrogens is 1. The van der Waals surface area contributed by atoms with Crippen molar-refractivity contribution in [3.8, 4) is 12.1 Å². The maximum atomic E-state index is 10.2. The summed E-state index contributed by atoms with van der Waals surface area (Å²) in [7, 11) is 0. The molecule has 0 saturated carbocycles. The first-order chi connectivity index (χ1) is 4.83. The number of carbonyl (C=O) groups is 1. The summed E-state index contributed by atoms with van der Waals surface area (Å²) >= 11 is 0. The highest BCUT2D eigenvalue weighted by Crippen LogP contribution is 1.97. The monoisotopic (exact) mass is 137 g/mol. The van der Waals surface area contributed by atoms with E-state index in [4.69, 9.17) is 5.26 Å². The maximum Gasteiger partial charge on any atom is 0.418 e. The Labute approximate surface area is 56.3 Å². The Morgan fingerprint density at radius 1 is 1.90 bits per heavy atom. The third kappa shape index (κ3) is 1.32. The molecule has 1 heterocycles. The second-order valence-corrected chi connectivity index (χ2v) is 1.40. The number of rotatable bonds is 1. The van der Waals surface area contributed by atoms with Crippen LogP contribution in [-0.4, -0.2) is 15.9 Å². The predicted octanol–water partition coefficient (Wildman–Crippen LogP) is -0.161. The summed E-state index contributed by atoms with van der Waals surface area (Å²) in [4.78, 5) is 16.3. The van der Waals surface area contributed by atoms with Gasteiger partial charge in [-0.05, 0) is 0 Å². The van der Waals surface area contributed by atoms with Crippen molar-refractivity contribution in [3.63, 3.8) is 0 Å². The third-order valence-corrected chi connectivity index (χ3v) is 0.754. The summed E-state index contributed by atoms with van der Waals surface area (Å²) in [5.74, 6) is -0.977. The van der Waals surface area contributed by atoms with E-state index in [1.54, 1.807) is 0 Å². The van der Waals surface area contributed by atoms with Crippen LogP contribution in [0, 0.1) is 11.3 Å². The highest BCUT2D eigenvalue weighted by atomic mass is 16.5. The number of aromatic amines is 1. The zero-order chi connectivity index (χ0) is 7.40. The Morgan fingerprint density at radius 2 is 2.70 bits per heavy atom. The minimum absolute atomic E-state index is 0.0338. The van der Waals surface area contributed by atoms with Gasteiger partial charge in [0, 0.05) is 12.4 Å². The largest absolute Gasteiger partial charge is 0.418 e. The molecular weight excluding hydrogens is 134 g/mol. The van der Waals surface area contributed by atoms with Gasteiger partial charge in [0.15, 0.2) is 6.07 Å². The summed E-state index contributed by atoms with van der Waals surface area (Å²) in [6.45, 7) is 0. The van der Waals surface area contributed by atoms with Crippen molar-refractivity contribution in [2.24, 2.45) is 0 Å². The van der Waals surface area contributed by atoms with E-state index in [2.05, 4.69) is 14.7 Å². The number of esters is 1. The van der Waals surface area contributed by atoms with Crippen molar-refractivity contribution in [3.05, 3.63) is 12.4 Å². The number of nitrogens with zero attached hydrogens (tertiary/aromatic N) is 2. The number of ether oxygens (including phenoxy) is 1. The van der Waals surface area contributed by atoms with Crippen molar-refractivity contribution in [1.29, 1.82) is 5.26 Å². The van der Waals surface area contributed by atoms with Gasteiger partial charge >= 0.3 is 12.0 Å². The fraction of sp³-hybridized carbons (Fsp3) is 0. The molecule has 50 valence electrons. The first kappa shape index (κ1) is 6.29. The van der Waals surface area contributed by atoms with Gasteiger partial charge in [-0.1, -0.05) is 0 Å². The van der Waals surface area contributed by atoms with E-state index in [-0.39, 0.29) is 6.01 Å². The Balaban J connectivity index is 2.59. The Morgan fingerprint density at radius 3 is 3.20 bits per heavy atom. The molecule has 0 aliphatic rings. The lowest BCUT2D eigenvalue weighted by atomic mass is 10.8. The lowest BCUT2D eigenvalue weighted by Crippen LogP contribution is -2.04. The second kappa shape index (κ2) is 2.64. The minimum Gasteiger partial charge on any atom is -0.381 e. The van der Waals surface area contributed by atoms with Gasteiger partial charge < -0.3 is 9.72 Å². The molecule has 1 N–H and O–H groups in total. The first-order valence-electron chi connectivity index (χ1n) is 2.44. The van der Waals surface area contributed by atoms with Crippen LogP contribution >= 0.6 is 0 Å². The molecule has 5 nitrogen and oxygen atoms in total. The molecule has 0 unspecified atom stereocenters. The van der Waals surface area contributed by atoms with Crippen molar-refractivity contribution >= 4 is 5.97 Å². The van der Waals surface area contributed by atoms with E-state index in [0.717, 1.165) is 0 Å². The van der Waals surface area contributed by atoms with E-state index in [9.17, 15) is 4.79 Å². The number of carbonyl (C=O) groups excluding carboxylic acids is 1. The van der Waals surface area contributed by atoms with Gasteiger partial charge in [-0.15, -0.1) is 0 Å². The molecule has 0 amide bonds. The van der Waals surface area contributed by atoms with Gasteiger partial charge in [-0.3, -0.25) is 0 Å². The number of imidazole rings is 1. The lowest BCUT2D eigenvalue weighted by molar-refractivity contribution is -0.128. The number of aromatic nitrogens is 2. The van der Waals surface area contributed by atoms with Gasteiger partial charge in [0.2, 0.25) is 0 Å². The summed E-state index contributed by atoms with van der Waals surface area (Å²) in [6.07, 6.45) is 2.90. The van der Waals surface area contributed by atoms with E-state index in [0.29, 0.717) is 0 Å². The van der Waals surface area contributed by atoms with Crippen molar-refractivity contribution < 1.29 is 9.53 Å². The van der Waals surface area contributed by atoms with Crippen LogP contribution < -0.4 is 4.74 Å². The van der Waals surface area contributed by atoms with Crippen molar-refractivity contribution in [2.75, 3.05) is 0 Å². The van der Waals surface area contributed by atoms with Crippen LogP contribution in [0.15, 0.2) is 12.4 Å². The smallest absolute Gasteiger partial charge is 0.381 e. The molecular formula is C5H3N3O2. The van der Waals surface area contributed by atoms with E-state index < -0.39 is 5.97 Å². The Bertz CT molecular complexity index is 259. The molecule has 1 aromatic rings. The molecule has 1 rings (SSSR count). The Hall–Kier alpha value is -1.83. The quantitative estimate of drug-likeness (QED) is 0.430. The van der Waals surface area contributed by atoms with Gasteiger partial charge in [0.25, 0.3) is 0 Å². The average Bonchev–Trinajstić information content (AvgIpc) is 2.40. The van der Waals surface area contributed by atoms with Crippen LogP contribution in [0.4, 0.5) is 0 Å². The fourth-order valence-electron chi connectivity index (χ4n) is 0.417. The van der Waals surface area contributed by atoms with Crippen LogP contribution in [0.25, 0.3) is 0 Å². The van der Waals surface area contributed by atoms with Gasteiger partial charge in [-0.25, -0.2) is 9.78 Å². The predicted molar refractivity (Wildman–Crippen MR) is 29.8 cm³/mol. The molecule has 0 atom stereocenters. The van der Waals surface area contributed by atoms with Gasteiger partial charge in [-0.2, -0.15) is 5.26 Å². The molecule has 0 aliphatic carbocycles. The number of hydrogen-bond donors (Lipinski definition) is 1. The van der Waals surface area contributed by atoms with Crippen molar-refractivity contribution in [1.82, 2.24) is 9.97 Å². The van der Waals surface area contributed by atoms with E-state index in [1.165, 1.54) is 18.5 Å². The van der Waals surface area contributed by atoms with Crippen LogP contribution in [-0.2, 0) is 4.79 Å². The average molecular weight is 137 g/mol. The summed E-state index contributed by atoms with van der Waals surface area (Å²) < 4.78 is 4.34. The molecule has 0 bridgehead atoms. The zero-order valence-corrected chi connectivity index (χ0v) is 4.87. The maximum absolute atomic E-state index is 10.2. The Kier molecular flexibility index (Phi) is 1.66. The highest BCUT2D eigenvalue weighted by molar-refractivity contribution is 5.87. The fourth-order valence-corrected chi connectivity index (χ4v) is 0.417. The molecule has 0 aromatic carbocycles.